The summed E-state index contributed by atoms with van der Waals surface area (Å²) in [4.78, 5) is 25.9. The largest absolute Gasteiger partial charge is 0.618 e. The van der Waals surface area contributed by atoms with Gasteiger partial charge in [0.05, 0.1) is 16.3 Å². The van der Waals surface area contributed by atoms with Gasteiger partial charge in [0.15, 0.2) is 6.20 Å². The lowest BCUT2D eigenvalue weighted by molar-refractivity contribution is -0.614. The molecule has 2 atom stereocenters. The van der Waals surface area contributed by atoms with Crippen LogP contribution in [0.25, 0.3) is 22.3 Å². The molecular weight excluding hydrogens is 865 g/mol. The van der Waals surface area contributed by atoms with E-state index in [0.29, 0.717) is 35.0 Å². The highest BCUT2D eigenvalue weighted by Crippen LogP contribution is 2.33. The molecule has 0 aliphatic carbocycles. The molecule has 2 aromatic heterocycles. The summed E-state index contributed by atoms with van der Waals surface area (Å²) < 4.78 is 58.1. The average molecular weight is 911 g/mol. The Morgan fingerprint density at radius 1 is 0.613 bits per heavy atom. The number of hydrogen-bond acceptors (Lipinski definition) is 9. The number of pyridine rings is 1. The highest BCUT2D eigenvalue weighted by atomic mass is 32.2. The Hall–Kier alpha value is -5.43. The Kier molecular flexibility index (Phi) is 14.2. The first-order valence-corrected chi connectivity index (χ1v) is 24.7. The second kappa shape index (κ2) is 19.7. The van der Waals surface area contributed by atoms with E-state index in [-0.39, 0.29) is 28.8 Å². The van der Waals surface area contributed by atoms with E-state index >= 15 is 0 Å². The van der Waals surface area contributed by atoms with Crippen molar-refractivity contribution in [3.05, 3.63) is 168 Å². The number of hydrogen-bond donors (Lipinski definition) is 2. The topological polar surface area (TPSA) is 165 Å². The van der Waals surface area contributed by atoms with E-state index in [1.807, 2.05) is 91.3 Å². The fraction of sp³-hybridized carbons (Fsp3) is 0.222. The second-order valence-corrected chi connectivity index (χ2v) is 20.6. The molecular formula is C45H46N6O7S4. The zero-order valence-corrected chi connectivity index (χ0v) is 37.3. The number of aromatic nitrogens is 2. The summed E-state index contributed by atoms with van der Waals surface area (Å²) in [6.07, 6.45) is 1.35. The molecule has 62 heavy (non-hydrogen) atoms. The van der Waals surface area contributed by atoms with Crippen LogP contribution in [0.4, 0.5) is 0 Å². The molecule has 0 radical (unpaired) electrons. The standard InChI is InChI=1S/C23H25N3O3S2.C22H21N3O4S2/c1-17-8-11-20(25(17)2)16-24-22(27)23-26(14-15-30-23)31(28,29)21-12-9-19(10-13-21)18-6-4-3-5-7-18;26-21(23-16-19-8-4-5-13-24(19)27)22-25(14-15-30-22)31(28,29)20-11-9-18(10-12-20)17-6-2-1-3-7-17/h3-13,23H,14-16H2,1-2H3,(H,24,27);1-13,22H,14-16H2,(H,23,26). The van der Waals surface area contributed by atoms with Crippen LogP contribution in [-0.4, -0.2) is 77.2 Å². The Labute approximate surface area is 370 Å². The maximum Gasteiger partial charge on any atom is 0.249 e. The van der Waals surface area contributed by atoms with Crippen LogP contribution in [0.3, 0.4) is 0 Å². The Balaban J connectivity index is 0.000000186. The number of benzene rings is 4. The molecule has 2 saturated heterocycles. The average Bonchev–Trinajstić information content (AvgIpc) is 4.08. The number of thioether (sulfide) groups is 2. The maximum absolute atomic E-state index is 13.3. The zero-order valence-electron chi connectivity index (χ0n) is 34.0. The summed E-state index contributed by atoms with van der Waals surface area (Å²) >= 11 is 2.62. The summed E-state index contributed by atoms with van der Waals surface area (Å²) in [7, 11) is -5.67. The van der Waals surface area contributed by atoms with Gasteiger partial charge in [0.2, 0.25) is 37.6 Å². The van der Waals surface area contributed by atoms with E-state index in [2.05, 4.69) is 10.6 Å². The monoisotopic (exact) mass is 910 g/mol. The van der Waals surface area contributed by atoms with Gasteiger partial charge in [-0.1, -0.05) is 84.9 Å². The van der Waals surface area contributed by atoms with Gasteiger partial charge in [-0.25, -0.2) is 16.8 Å². The van der Waals surface area contributed by atoms with Crippen LogP contribution >= 0.6 is 23.5 Å². The molecule has 17 heteroatoms. The quantitative estimate of drug-likeness (QED) is 0.115. The molecule has 322 valence electrons. The van der Waals surface area contributed by atoms with Crippen LogP contribution in [-0.2, 0) is 49.8 Å². The molecule has 0 saturated carbocycles. The van der Waals surface area contributed by atoms with E-state index in [0.717, 1.165) is 33.6 Å². The number of nitrogens with one attached hydrogen (secondary N) is 2. The van der Waals surface area contributed by atoms with Gasteiger partial charge in [-0.2, -0.15) is 13.3 Å². The van der Waals surface area contributed by atoms with E-state index in [1.165, 1.54) is 38.3 Å². The van der Waals surface area contributed by atoms with Gasteiger partial charge < -0.3 is 20.4 Å². The van der Waals surface area contributed by atoms with Crippen LogP contribution in [0.5, 0.6) is 0 Å². The molecule has 2 fully saturated rings. The summed E-state index contributed by atoms with van der Waals surface area (Å²) in [5.41, 5.74) is 6.33. The van der Waals surface area contributed by atoms with Crippen LogP contribution < -0.4 is 15.4 Å². The molecule has 0 bridgehead atoms. The van der Waals surface area contributed by atoms with Crippen molar-refractivity contribution >= 4 is 55.4 Å². The molecule has 13 nitrogen and oxygen atoms in total. The second-order valence-electron chi connectivity index (χ2n) is 14.4. The van der Waals surface area contributed by atoms with Crippen molar-refractivity contribution in [1.29, 1.82) is 0 Å². The maximum atomic E-state index is 13.3. The van der Waals surface area contributed by atoms with Crippen LogP contribution in [0.1, 0.15) is 17.1 Å². The van der Waals surface area contributed by atoms with Crippen molar-refractivity contribution in [1.82, 2.24) is 23.8 Å². The minimum atomic E-state index is -3.84. The summed E-state index contributed by atoms with van der Waals surface area (Å²) in [6.45, 7) is 2.95. The van der Waals surface area contributed by atoms with Gasteiger partial charge in [-0.3, -0.25) is 9.59 Å². The smallest absolute Gasteiger partial charge is 0.249 e. The highest BCUT2D eigenvalue weighted by molar-refractivity contribution is 8.02. The lowest BCUT2D eigenvalue weighted by atomic mass is 10.1. The first kappa shape index (κ1) is 44.6. The third kappa shape index (κ3) is 10.1. The summed E-state index contributed by atoms with van der Waals surface area (Å²) in [6, 6.07) is 41.9. The molecule has 4 heterocycles. The molecule has 2 N–H and O–H groups in total. The third-order valence-corrected chi connectivity index (χ3v) is 17.0. The molecule has 8 rings (SSSR count). The van der Waals surface area contributed by atoms with E-state index < -0.39 is 36.7 Å². The minimum absolute atomic E-state index is 0.0277. The number of rotatable bonds is 12. The zero-order chi connectivity index (χ0) is 43.9. The predicted octanol–water partition coefficient (Wildman–Crippen LogP) is 5.75. The molecule has 2 aliphatic rings. The lowest BCUT2D eigenvalue weighted by Crippen LogP contribution is -2.45. The van der Waals surface area contributed by atoms with Crippen LogP contribution in [0, 0.1) is 12.1 Å². The first-order valence-electron chi connectivity index (χ1n) is 19.8. The molecule has 2 unspecified atom stereocenters. The predicted molar refractivity (Wildman–Crippen MR) is 243 cm³/mol. The fourth-order valence-electron chi connectivity index (χ4n) is 6.96. The van der Waals surface area contributed by atoms with Crippen molar-refractivity contribution in [3.8, 4) is 22.3 Å². The summed E-state index contributed by atoms with van der Waals surface area (Å²) in [5.74, 6) is 0.385. The number of sulfonamides is 2. The Bertz CT molecular complexity index is 2720. The summed E-state index contributed by atoms with van der Waals surface area (Å²) in [5, 5.41) is 15.7. The van der Waals surface area contributed by atoms with Gasteiger partial charge in [0.1, 0.15) is 17.3 Å². The normalized spacial score (nSPS) is 16.9. The van der Waals surface area contributed by atoms with Gasteiger partial charge in [0, 0.05) is 55.2 Å². The molecule has 2 aliphatic heterocycles. The van der Waals surface area contributed by atoms with Crippen molar-refractivity contribution in [2.75, 3.05) is 24.6 Å². The van der Waals surface area contributed by atoms with Gasteiger partial charge in [-0.05, 0) is 71.6 Å². The minimum Gasteiger partial charge on any atom is -0.618 e. The van der Waals surface area contributed by atoms with E-state index in [9.17, 15) is 31.6 Å². The van der Waals surface area contributed by atoms with E-state index in [1.54, 1.807) is 66.7 Å². The lowest BCUT2D eigenvalue weighted by Gasteiger charge is -2.22. The Morgan fingerprint density at radius 3 is 1.48 bits per heavy atom. The third-order valence-electron chi connectivity index (χ3n) is 10.6. The van der Waals surface area contributed by atoms with Crippen molar-refractivity contribution in [3.63, 3.8) is 0 Å². The van der Waals surface area contributed by atoms with Crippen molar-refractivity contribution in [2.24, 2.45) is 7.05 Å². The van der Waals surface area contributed by atoms with Crippen molar-refractivity contribution in [2.45, 2.75) is 40.6 Å². The molecule has 6 aromatic rings. The number of carbonyl (C=O) groups excluding carboxylic acids is 2. The van der Waals surface area contributed by atoms with Gasteiger partial charge >= 0.3 is 0 Å². The molecule has 2 amide bonds. The molecule has 4 aromatic carbocycles. The van der Waals surface area contributed by atoms with E-state index in [4.69, 9.17) is 0 Å². The van der Waals surface area contributed by atoms with Crippen molar-refractivity contribution < 1.29 is 31.2 Å². The SMILES string of the molecule is Cc1ccc(CNC(=O)C2SCCN2S(=O)(=O)c2ccc(-c3ccccc3)cc2)n1C.O=C(NCc1cccc[n+]1[O-])C1SCCN1S(=O)(=O)c1ccc(-c2ccccc2)cc1. The fourth-order valence-corrected chi connectivity index (χ4v) is 13.2. The Morgan fingerprint density at radius 2 is 1.05 bits per heavy atom. The number of carbonyl (C=O) groups is 2. The number of aryl methyl sites for hydroxylation is 1. The number of amides is 2. The number of nitrogens with zero attached hydrogens (tertiary/aromatic N) is 4. The molecule has 0 spiro atoms. The van der Waals surface area contributed by atoms with Crippen LogP contribution in [0.15, 0.2) is 156 Å². The van der Waals surface area contributed by atoms with Gasteiger partial charge in [0.25, 0.3) is 0 Å². The highest BCUT2D eigenvalue weighted by Gasteiger charge is 2.41. The first-order chi connectivity index (χ1) is 29.8. The van der Waals surface area contributed by atoms with Crippen LogP contribution in [0.2, 0.25) is 0 Å². The van der Waals surface area contributed by atoms with Gasteiger partial charge in [-0.15, -0.1) is 23.5 Å².